The van der Waals surface area contributed by atoms with Gasteiger partial charge in [-0.2, -0.15) is 0 Å². The van der Waals surface area contributed by atoms with Gasteiger partial charge in [0.1, 0.15) is 11.3 Å². The maximum atomic E-state index is 11.5. The first-order chi connectivity index (χ1) is 10.5. The third-order valence-electron chi connectivity index (χ3n) is 3.30. The van der Waals surface area contributed by atoms with E-state index in [1.807, 2.05) is 6.07 Å². The minimum atomic E-state index is -0.536. The van der Waals surface area contributed by atoms with Crippen LogP contribution in [0.1, 0.15) is 10.4 Å². The van der Waals surface area contributed by atoms with E-state index in [2.05, 4.69) is 25.9 Å². The summed E-state index contributed by atoms with van der Waals surface area (Å²) < 4.78 is 5.76. The number of aromatic nitrogens is 2. The highest BCUT2D eigenvalue weighted by Gasteiger charge is 2.16. The third-order valence-corrected chi connectivity index (χ3v) is 3.96. The molecule has 4 N–H and O–H groups in total. The van der Waals surface area contributed by atoms with Gasteiger partial charge in [-0.25, -0.2) is 4.98 Å². The number of phenolic OH excluding ortho intramolecular Hbond substituents is 1. The summed E-state index contributed by atoms with van der Waals surface area (Å²) in [5.74, 6) is 0.348. The van der Waals surface area contributed by atoms with Gasteiger partial charge in [-0.3, -0.25) is 4.79 Å². The number of benzene rings is 2. The average molecular weight is 362 g/mol. The van der Waals surface area contributed by atoms with Gasteiger partial charge in [0.05, 0.1) is 18.2 Å². The van der Waals surface area contributed by atoms with E-state index in [4.69, 9.17) is 10.5 Å². The molecule has 1 heterocycles. The number of aromatic amines is 1. The molecule has 0 saturated heterocycles. The van der Waals surface area contributed by atoms with Crippen LogP contribution >= 0.6 is 15.9 Å². The van der Waals surface area contributed by atoms with Gasteiger partial charge in [0.25, 0.3) is 5.91 Å². The molecule has 6 nitrogen and oxygen atoms in total. The van der Waals surface area contributed by atoms with Crippen LogP contribution in [0.15, 0.2) is 34.8 Å². The number of phenols is 1. The van der Waals surface area contributed by atoms with Crippen molar-refractivity contribution in [2.75, 3.05) is 7.11 Å². The molecule has 1 amide bonds. The van der Waals surface area contributed by atoms with Gasteiger partial charge in [0, 0.05) is 10.0 Å². The van der Waals surface area contributed by atoms with E-state index in [9.17, 15) is 9.90 Å². The fourth-order valence-electron chi connectivity index (χ4n) is 2.25. The Hall–Kier alpha value is -2.54. The number of nitrogens with one attached hydrogen (secondary N) is 1. The number of aromatic hydroxyl groups is 1. The zero-order valence-electron chi connectivity index (χ0n) is 11.6. The molecule has 0 fully saturated rings. The second kappa shape index (κ2) is 5.34. The molecule has 0 radical (unpaired) electrons. The quantitative estimate of drug-likeness (QED) is 0.667. The zero-order chi connectivity index (χ0) is 15.9. The number of rotatable bonds is 3. The van der Waals surface area contributed by atoms with Crippen molar-refractivity contribution in [2.24, 2.45) is 5.73 Å². The second-order valence-electron chi connectivity index (χ2n) is 4.66. The highest BCUT2D eigenvalue weighted by Crippen LogP contribution is 2.37. The minimum Gasteiger partial charge on any atom is -0.504 e. The molecule has 3 aromatic rings. The number of fused-ring (bicyclic) bond motifs is 1. The molecule has 22 heavy (non-hydrogen) atoms. The van der Waals surface area contributed by atoms with Crippen molar-refractivity contribution in [1.82, 2.24) is 9.97 Å². The van der Waals surface area contributed by atoms with Gasteiger partial charge in [-0.15, -0.1) is 0 Å². The molecule has 3 rings (SSSR count). The van der Waals surface area contributed by atoms with Crippen LogP contribution in [0.25, 0.3) is 22.4 Å². The van der Waals surface area contributed by atoms with Crippen molar-refractivity contribution in [3.8, 4) is 22.9 Å². The molecule has 0 saturated carbocycles. The largest absolute Gasteiger partial charge is 0.504 e. The Kier molecular flexibility index (Phi) is 3.50. The molecule has 112 valence electrons. The molecule has 2 aromatic carbocycles. The van der Waals surface area contributed by atoms with E-state index in [0.717, 1.165) is 0 Å². The summed E-state index contributed by atoms with van der Waals surface area (Å²) in [6.07, 6.45) is 0. The highest BCUT2D eigenvalue weighted by atomic mass is 79.9. The molecular formula is C15H12BrN3O3. The number of H-pyrrole nitrogens is 1. The predicted octanol–water partition coefficient (Wildman–Crippen LogP) is 2.81. The number of hydrogen-bond acceptors (Lipinski definition) is 4. The summed E-state index contributed by atoms with van der Waals surface area (Å²) in [4.78, 5) is 19.1. The van der Waals surface area contributed by atoms with Gasteiger partial charge in [0.2, 0.25) is 0 Å². The number of para-hydroxylation sites is 1. The van der Waals surface area contributed by atoms with E-state index in [0.29, 0.717) is 38.2 Å². The van der Waals surface area contributed by atoms with E-state index in [1.165, 1.54) is 13.2 Å². The lowest BCUT2D eigenvalue weighted by atomic mass is 10.2. The standard InChI is InChI=1S/C15H12BrN3O3/c1-22-12-5-8(9(16)6-11(12)20)15-18-10-4-2-3-7(14(17)21)13(10)19-15/h2-6,20H,1H3,(H2,17,21)(H,18,19). The van der Waals surface area contributed by atoms with Crippen molar-refractivity contribution < 1.29 is 14.6 Å². The van der Waals surface area contributed by atoms with Crippen LogP contribution in [0, 0.1) is 0 Å². The third kappa shape index (κ3) is 2.29. The molecule has 1 aromatic heterocycles. The SMILES string of the molecule is COc1cc(-c2nc3c(C(N)=O)cccc3[nH]2)c(Br)cc1O. The van der Waals surface area contributed by atoms with Gasteiger partial charge in [-0.05, 0) is 40.2 Å². The molecule has 0 aliphatic heterocycles. The molecule has 0 aliphatic carbocycles. The maximum absolute atomic E-state index is 11.5. The topological polar surface area (TPSA) is 101 Å². The number of amides is 1. The Labute approximate surface area is 134 Å². The number of hydrogen-bond donors (Lipinski definition) is 3. The Morgan fingerprint density at radius 1 is 1.41 bits per heavy atom. The summed E-state index contributed by atoms with van der Waals surface area (Å²) in [7, 11) is 1.47. The van der Waals surface area contributed by atoms with Crippen molar-refractivity contribution in [3.05, 3.63) is 40.4 Å². The number of carbonyl (C=O) groups excluding carboxylic acids is 1. The molecule has 0 spiro atoms. The van der Waals surface area contributed by atoms with Gasteiger partial charge in [-0.1, -0.05) is 6.07 Å². The van der Waals surface area contributed by atoms with E-state index in [1.54, 1.807) is 18.2 Å². The van der Waals surface area contributed by atoms with Gasteiger partial charge < -0.3 is 20.6 Å². The van der Waals surface area contributed by atoms with Crippen LogP contribution in [0.2, 0.25) is 0 Å². The monoisotopic (exact) mass is 361 g/mol. The van der Waals surface area contributed by atoms with Crippen molar-refractivity contribution in [1.29, 1.82) is 0 Å². The van der Waals surface area contributed by atoms with Crippen molar-refractivity contribution in [3.63, 3.8) is 0 Å². The molecule has 0 atom stereocenters. The zero-order valence-corrected chi connectivity index (χ0v) is 13.1. The van der Waals surface area contributed by atoms with E-state index in [-0.39, 0.29) is 5.75 Å². The molecule has 0 bridgehead atoms. The van der Waals surface area contributed by atoms with Crippen LogP contribution in [-0.4, -0.2) is 28.1 Å². The molecule has 0 aliphatic rings. The lowest BCUT2D eigenvalue weighted by Crippen LogP contribution is -2.11. The summed E-state index contributed by atoms with van der Waals surface area (Å²) in [6, 6.07) is 8.35. The van der Waals surface area contributed by atoms with Crippen LogP contribution < -0.4 is 10.5 Å². The Morgan fingerprint density at radius 2 is 2.18 bits per heavy atom. The second-order valence-corrected chi connectivity index (χ2v) is 5.51. The number of carbonyl (C=O) groups is 1. The molecule has 7 heteroatoms. The average Bonchev–Trinajstić information content (AvgIpc) is 2.90. The van der Waals surface area contributed by atoms with Crippen molar-refractivity contribution >= 4 is 32.9 Å². The molecule has 0 unspecified atom stereocenters. The van der Waals surface area contributed by atoms with Crippen LogP contribution in [0.4, 0.5) is 0 Å². The Bertz CT molecular complexity index is 889. The smallest absolute Gasteiger partial charge is 0.250 e. The van der Waals surface area contributed by atoms with Gasteiger partial charge in [0.15, 0.2) is 11.5 Å². The Balaban J connectivity index is 2.23. The summed E-state index contributed by atoms with van der Waals surface area (Å²) in [6.45, 7) is 0. The molecular weight excluding hydrogens is 350 g/mol. The van der Waals surface area contributed by atoms with Crippen LogP contribution in [0.5, 0.6) is 11.5 Å². The summed E-state index contributed by atoms with van der Waals surface area (Å²) >= 11 is 3.38. The van der Waals surface area contributed by atoms with Crippen LogP contribution in [-0.2, 0) is 0 Å². The normalized spacial score (nSPS) is 10.8. The van der Waals surface area contributed by atoms with E-state index >= 15 is 0 Å². The lowest BCUT2D eigenvalue weighted by Gasteiger charge is -2.07. The minimum absolute atomic E-state index is 0.0204. The first-order valence-electron chi connectivity index (χ1n) is 6.36. The number of methoxy groups -OCH3 is 1. The number of nitrogens with zero attached hydrogens (tertiary/aromatic N) is 1. The maximum Gasteiger partial charge on any atom is 0.250 e. The number of imidazole rings is 1. The van der Waals surface area contributed by atoms with Crippen LogP contribution in [0.3, 0.4) is 0 Å². The predicted molar refractivity (Wildman–Crippen MR) is 86.0 cm³/mol. The highest BCUT2D eigenvalue weighted by molar-refractivity contribution is 9.10. The number of halogens is 1. The number of ether oxygens (including phenoxy) is 1. The Morgan fingerprint density at radius 3 is 2.86 bits per heavy atom. The fraction of sp³-hybridized carbons (Fsp3) is 0.0667. The first-order valence-corrected chi connectivity index (χ1v) is 7.16. The van der Waals surface area contributed by atoms with Crippen molar-refractivity contribution in [2.45, 2.75) is 0 Å². The summed E-state index contributed by atoms with van der Waals surface area (Å²) in [5.41, 5.74) is 7.62. The van der Waals surface area contributed by atoms with E-state index < -0.39 is 5.91 Å². The number of primary amides is 1. The van der Waals surface area contributed by atoms with Gasteiger partial charge >= 0.3 is 0 Å². The lowest BCUT2D eigenvalue weighted by molar-refractivity contribution is 0.100. The number of nitrogens with two attached hydrogens (primary N) is 1. The first kappa shape index (κ1) is 14.4. The fourth-order valence-corrected chi connectivity index (χ4v) is 2.77. The summed E-state index contributed by atoms with van der Waals surface area (Å²) in [5, 5.41) is 9.77.